The fourth-order valence-corrected chi connectivity index (χ4v) is 15.7. The van der Waals surface area contributed by atoms with Crippen LogP contribution in [-0.2, 0) is 19.2 Å². The van der Waals surface area contributed by atoms with E-state index in [9.17, 15) is 19.2 Å². The number of nitrogens with zero attached hydrogens (tertiary/aromatic N) is 3. The van der Waals surface area contributed by atoms with E-state index in [-0.39, 0.29) is 65.4 Å². The monoisotopic (exact) mass is 783 g/mol. The third kappa shape index (κ3) is 3.73. The average molecular weight is 784 g/mol. The number of hydrogen-bond donors (Lipinski definition) is 2. The summed E-state index contributed by atoms with van der Waals surface area (Å²) in [5, 5.41) is 5.96. The third-order valence-electron chi connectivity index (χ3n) is 13.2. The first kappa shape index (κ1) is 31.3. The molecule has 0 radical (unpaired) electrons. The molecule has 14 rings (SSSR count). The van der Waals surface area contributed by atoms with E-state index in [2.05, 4.69) is 46.7 Å². The van der Waals surface area contributed by atoms with Crippen LogP contribution in [0.4, 0.5) is 0 Å². The fourth-order valence-electron chi connectivity index (χ4n) is 10.6. The highest BCUT2D eigenvalue weighted by atomic mass is 32.2. The number of amidine groups is 2. The minimum atomic E-state index is -0.521. The second kappa shape index (κ2) is 10.1. The zero-order valence-corrected chi connectivity index (χ0v) is 32.1. The molecule has 2 saturated carbocycles. The van der Waals surface area contributed by atoms with Crippen molar-refractivity contribution in [1.29, 1.82) is 0 Å². The Morgan fingerprint density at radius 3 is 2.46 bits per heavy atom. The molecule has 11 unspecified atom stereocenters. The molecule has 0 aromatic carbocycles. The Balaban J connectivity index is 1.07. The van der Waals surface area contributed by atoms with Crippen molar-refractivity contribution in [3.8, 4) is 0 Å². The minimum Gasteiger partial charge on any atom is -0.377 e. The maximum Gasteiger partial charge on any atom is 0.201 e. The molecule has 266 valence electrons. The Kier molecular flexibility index (Phi) is 5.85. The number of aliphatic imine (C=N–C) groups is 3. The molecule has 1 aromatic rings. The topological polar surface area (TPSA) is 133 Å². The summed E-state index contributed by atoms with van der Waals surface area (Å²) < 4.78 is -0.521. The van der Waals surface area contributed by atoms with Crippen molar-refractivity contribution in [2.75, 3.05) is 0 Å². The zero-order valence-electron chi connectivity index (χ0n) is 28.8. The lowest BCUT2D eigenvalue weighted by Gasteiger charge is -2.35. The Morgan fingerprint density at radius 2 is 1.63 bits per heavy atom. The Hall–Kier alpha value is -3.91. The minimum absolute atomic E-state index is 0.00221. The normalized spacial score (nSPS) is 43.7. The van der Waals surface area contributed by atoms with Crippen LogP contribution >= 0.6 is 47.0 Å². The van der Waals surface area contributed by atoms with Crippen LogP contribution in [0.5, 0.6) is 0 Å². The van der Waals surface area contributed by atoms with Crippen molar-refractivity contribution in [3.05, 3.63) is 104 Å². The van der Waals surface area contributed by atoms with Gasteiger partial charge in [-0.25, -0.2) is 15.0 Å². The van der Waals surface area contributed by atoms with Gasteiger partial charge in [0.25, 0.3) is 0 Å². The van der Waals surface area contributed by atoms with Crippen molar-refractivity contribution in [2.45, 2.75) is 52.7 Å². The Morgan fingerprint density at radius 1 is 0.796 bits per heavy atom. The molecule has 9 nitrogen and oxygen atoms in total. The van der Waals surface area contributed by atoms with Crippen LogP contribution in [0.2, 0.25) is 0 Å². The van der Waals surface area contributed by atoms with E-state index in [1.165, 1.54) is 52.6 Å². The van der Waals surface area contributed by atoms with Crippen molar-refractivity contribution < 1.29 is 19.2 Å². The number of rotatable bonds is 1. The molecule has 13 aliphatic rings. The molecule has 9 aliphatic heterocycles. The second-order valence-corrected chi connectivity index (χ2v) is 21.0. The lowest BCUT2D eigenvalue weighted by molar-refractivity contribution is -0.113. The van der Waals surface area contributed by atoms with Gasteiger partial charge in [0.1, 0.15) is 0 Å². The van der Waals surface area contributed by atoms with Gasteiger partial charge in [-0.3, -0.25) is 19.2 Å². The van der Waals surface area contributed by atoms with Gasteiger partial charge in [0, 0.05) is 61.5 Å². The van der Waals surface area contributed by atoms with Crippen molar-refractivity contribution in [3.63, 3.8) is 0 Å². The predicted octanol–water partition coefficient (Wildman–Crippen LogP) is 4.18. The Bertz CT molecular complexity index is 2710. The highest BCUT2D eigenvalue weighted by Crippen LogP contribution is 2.78. The molecule has 1 saturated heterocycles. The molecule has 11 atom stereocenters. The second-order valence-electron chi connectivity index (χ2n) is 16.1. The quantitative estimate of drug-likeness (QED) is 0.403. The maximum atomic E-state index is 13.6. The van der Waals surface area contributed by atoms with Crippen molar-refractivity contribution in [1.82, 2.24) is 10.3 Å². The van der Waals surface area contributed by atoms with Crippen LogP contribution in [-0.4, -0.2) is 69.4 Å². The summed E-state index contributed by atoms with van der Waals surface area (Å²) in [5.41, 5.74) is 8.31. The molecule has 2 spiro atoms. The average Bonchev–Trinajstić information content (AvgIpc) is 3.78. The van der Waals surface area contributed by atoms with E-state index in [4.69, 9.17) is 15.0 Å². The molecule has 10 heterocycles. The molecule has 13 heteroatoms. The van der Waals surface area contributed by atoms with Crippen molar-refractivity contribution in [2.24, 2.45) is 44.1 Å². The number of fused-ring (bicyclic) bond motifs is 11. The predicted molar refractivity (Wildman–Crippen MR) is 214 cm³/mol. The number of thioether (sulfide) groups is 4. The van der Waals surface area contributed by atoms with E-state index in [0.29, 0.717) is 11.7 Å². The smallest absolute Gasteiger partial charge is 0.201 e. The number of allylic oxidation sites excluding steroid dienone is 7. The first-order valence-electron chi connectivity index (χ1n) is 18.4. The molecule has 0 amide bonds. The van der Waals surface area contributed by atoms with E-state index in [0.717, 1.165) is 62.1 Å². The molecular formula is C41H29N5O4S4. The molecule has 3 fully saturated rings. The number of carbonyl (C=O) groups is 4. The van der Waals surface area contributed by atoms with Gasteiger partial charge in [-0.05, 0) is 54.3 Å². The van der Waals surface area contributed by atoms with E-state index in [1.807, 2.05) is 38.2 Å². The summed E-state index contributed by atoms with van der Waals surface area (Å²) in [6.45, 7) is 3.98. The highest BCUT2D eigenvalue weighted by molar-refractivity contribution is 8.15. The zero-order chi connectivity index (χ0) is 36.2. The van der Waals surface area contributed by atoms with E-state index >= 15 is 0 Å². The van der Waals surface area contributed by atoms with Gasteiger partial charge >= 0.3 is 0 Å². The first-order chi connectivity index (χ1) is 26.1. The summed E-state index contributed by atoms with van der Waals surface area (Å²) in [5.74, 6) is 0.0532. The largest absolute Gasteiger partial charge is 0.377 e. The number of aromatic nitrogens is 1. The SMILES string of the molecule is CC1C=CC(c2cc3[nH]/c2=C\C2=C4C5C=CC(C)C(=O)SC45C(/C=C4\N=C(N=C5N=C(C=3)C3=C5C5SC(=O)C6CC365)C3=C4C4C=CC3C(=O)S4)N2)C(=O)S1. The van der Waals surface area contributed by atoms with Crippen LogP contribution in [0, 0.1) is 29.1 Å². The molecule has 1 aromatic heterocycles. The summed E-state index contributed by atoms with van der Waals surface area (Å²) in [6.07, 6.45) is 19.6. The lowest BCUT2D eigenvalue weighted by Crippen LogP contribution is -2.37. The van der Waals surface area contributed by atoms with Crippen LogP contribution in [0.1, 0.15) is 31.7 Å². The molecule has 54 heavy (non-hydrogen) atoms. The van der Waals surface area contributed by atoms with Gasteiger partial charge in [-0.15, -0.1) is 0 Å². The Labute approximate surface area is 325 Å². The number of carbonyl (C=O) groups excluding carboxylic acids is 4. The van der Waals surface area contributed by atoms with Gasteiger partial charge in [-0.2, -0.15) is 0 Å². The van der Waals surface area contributed by atoms with Gasteiger partial charge in [-0.1, -0.05) is 90.4 Å². The van der Waals surface area contributed by atoms with Crippen LogP contribution in [0.25, 0.3) is 12.2 Å². The number of H-pyrrole nitrogens is 1. The summed E-state index contributed by atoms with van der Waals surface area (Å²) in [7, 11) is 0. The standard InChI is InChI=1S/C41H29N5O4S4/c1-14-3-7-20-31-25-11-22-19(17-5-4-15(2)51-37(17)48)9-16(42-22)10-24-32-30(33-40(32)13-21(40)39(50)53-33)35(45-24)46-34-28-18-6-8-26(52-38(18)49)29(28)23(44-34)12-27(43-25)41(20,31)54-36(14)47/h3-12,14-15,17-18,20-21,26-27,33,42-43H,13H2,1-2H3/b16-10?,22-11-,23-12-,46-35?. The van der Waals surface area contributed by atoms with Gasteiger partial charge in [0.05, 0.1) is 44.5 Å². The van der Waals surface area contributed by atoms with E-state index < -0.39 is 16.6 Å². The molecular weight excluding hydrogens is 755 g/mol. The van der Waals surface area contributed by atoms with Gasteiger partial charge in [0.2, 0.25) is 10.2 Å². The van der Waals surface area contributed by atoms with Crippen molar-refractivity contribution >= 4 is 97.0 Å². The number of hydrogen-bond acceptors (Lipinski definition) is 12. The van der Waals surface area contributed by atoms with Gasteiger partial charge in [0.15, 0.2) is 21.9 Å². The number of nitrogens with one attached hydrogen (secondary N) is 2. The maximum absolute atomic E-state index is 13.6. The first-order valence-corrected chi connectivity index (χ1v) is 21.9. The lowest BCUT2D eigenvalue weighted by atomic mass is 9.71. The van der Waals surface area contributed by atoms with Crippen LogP contribution in [0.3, 0.4) is 0 Å². The molecule has 4 aliphatic carbocycles. The van der Waals surface area contributed by atoms with Crippen LogP contribution < -0.4 is 16.0 Å². The van der Waals surface area contributed by atoms with Crippen LogP contribution in [0.15, 0.2) is 103 Å². The fraction of sp³-hybridized carbons (Fsp3) is 0.341. The summed E-state index contributed by atoms with van der Waals surface area (Å²) in [4.78, 5) is 73.0. The van der Waals surface area contributed by atoms with E-state index in [1.54, 1.807) is 0 Å². The summed E-state index contributed by atoms with van der Waals surface area (Å²) in [6, 6.07) is 1.79. The third-order valence-corrected chi connectivity index (χ3v) is 18.4. The highest BCUT2D eigenvalue weighted by Gasteiger charge is 2.78. The molecule has 10 bridgehead atoms. The summed E-state index contributed by atoms with van der Waals surface area (Å²) >= 11 is 5.52. The van der Waals surface area contributed by atoms with Gasteiger partial charge < -0.3 is 10.3 Å². The number of aromatic amines is 1. The molecule has 2 N–H and O–H groups in total.